The van der Waals surface area contributed by atoms with E-state index in [4.69, 9.17) is 11.6 Å². The van der Waals surface area contributed by atoms with Crippen molar-refractivity contribution in [1.29, 1.82) is 0 Å². The number of likely N-dealkylation sites (tertiary alicyclic amines) is 1. The molecule has 1 fully saturated rings. The van der Waals surface area contributed by atoms with Crippen LogP contribution in [0.25, 0.3) is 0 Å². The predicted octanol–water partition coefficient (Wildman–Crippen LogP) is 3.41. The SMILES string of the molecule is O=C(CNc1ccc(Cl)cc1C(=O)N1CCCC1)NCCc1cccs1. The van der Waals surface area contributed by atoms with Crippen LogP contribution in [0, 0.1) is 0 Å². The molecule has 2 heterocycles. The van der Waals surface area contributed by atoms with E-state index in [9.17, 15) is 9.59 Å². The van der Waals surface area contributed by atoms with Crippen LogP contribution in [0.3, 0.4) is 0 Å². The first-order valence-electron chi connectivity index (χ1n) is 8.75. The number of thiophene rings is 1. The van der Waals surface area contributed by atoms with E-state index in [-0.39, 0.29) is 18.4 Å². The summed E-state index contributed by atoms with van der Waals surface area (Å²) in [7, 11) is 0. The highest BCUT2D eigenvalue weighted by molar-refractivity contribution is 7.09. The second kappa shape index (κ2) is 9.05. The molecule has 1 aliphatic rings. The Morgan fingerprint density at radius 2 is 2.00 bits per heavy atom. The quantitative estimate of drug-likeness (QED) is 0.760. The van der Waals surface area contributed by atoms with Crippen molar-refractivity contribution in [3.63, 3.8) is 0 Å². The van der Waals surface area contributed by atoms with Crippen LogP contribution < -0.4 is 10.6 Å². The maximum atomic E-state index is 12.7. The summed E-state index contributed by atoms with van der Waals surface area (Å²) in [5, 5.41) is 8.50. The second-order valence-electron chi connectivity index (χ2n) is 6.22. The number of halogens is 1. The van der Waals surface area contributed by atoms with Gasteiger partial charge in [0.1, 0.15) is 0 Å². The van der Waals surface area contributed by atoms with Crippen LogP contribution in [-0.2, 0) is 11.2 Å². The second-order valence-corrected chi connectivity index (χ2v) is 7.69. The van der Waals surface area contributed by atoms with Crippen LogP contribution in [0.2, 0.25) is 5.02 Å². The molecule has 0 aliphatic carbocycles. The molecule has 0 atom stereocenters. The normalized spacial score (nSPS) is 13.7. The lowest BCUT2D eigenvalue weighted by molar-refractivity contribution is -0.119. The third-order valence-electron chi connectivity index (χ3n) is 4.32. The Morgan fingerprint density at radius 3 is 2.73 bits per heavy atom. The fourth-order valence-corrected chi connectivity index (χ4v) is 3.84. The van der Waals surface area contributed by atoms with Gasteiger partial charge in [-0.3, -0.25) is 9.59 Å². The molecular weight excluding hydrogens is 370 g/mol. The largest absolute Gasteiger partial charge is 0.376 e. The molecule has 0 bridgehead atoms. The third kappa shape index (κ3) is 4.99. The van der Waals surface area contributed by atoms with Gasteiger partial charge >= 0.3 is 0 Å². The molecule has 7 heteroatoms. The molecule has 2 amide bonds. The molecule has 1 saturated heterocycles. The number of nitrogens with one attached hydrogen (secondary N) is 2. The van der Waals surface area contributed by atoms with Gasteiger partial charge in [0, 0.05) is 35.2 Å². The zero-order valence-electron chi connectivity index (χ0n) is 14.5. The van der Waals surface area contributed by atoms with E-state index >= 15 is 0 Å². The van der Waals surface area contributed by atoms with Gasteiger partial charge in [0.05, 0.1) is 12.1 Å². The van der Waals surface area contributed by atoms with E-state index in [0.29, 0.717) is 22.8 Å². The minimum absolute atomic E-state index is 0.0365. The zero-order chi connectivity index (χ0) is 18.4. The summed E-state index contributed by atoms with van der Waals surface area (Å²) < 4.78 is 0. The minimum atomic E-state index is -0.101. The van der Waals surface area contributed by atoms with Gasteiger partial charge in [-0.25, -0.2) is 0 Å². The van der Waals surface area contributed by atoms with Crippen LogP contribution in [0.1, 0.15) is 28.1 Å². The summed E-state index contributed by atoms with van der Waals surface area (Å²) in [5.74, 6) is -0.137. The Morgan fingerprint density at radius 1 is 1.19 bits per heavy atom. The van der Waals surface area contributed by atoms with Crippen LogP contribution in [-0.4, -0.2) is 42.9 Å². The van der Waals surface area contributed by atoms with Crippen molar-refractivity contribution in [3.8, 4) is 0 Å². The van der Waals surface area contributed by atoms with Crippen molar-refractivity contribution in [2.75, 3.05) is 31.5 Å². The van der Waals surface area contributed by atoms with Gasteiger partial charge in [-0.05, 0) is 48.9 Å². The molecule has 138 valence electrons. The topological polar surface area (TPSA) is 61.4 Å². The average Bonchev–Trinajstić information content (AvgIpc) is 3.34. The highest BCUT2D eigenvalue weighted by Gasteiger charge is 2.22. The molecule has 0 spiro atoms. The number of hydrogen-bond acceptors (Lipinski definition) is 4. The lowest BCUT2D eigenvalue weighted by atomic mass is 10.1. The molecular formula is C19H22ClN3O2S. The van der Waals surface area contributed by atoms with E-state index in [0.717, 1.165) is 32.4 Å². The highest BCUT2D eigenvalue weighted by Crippen LogP contribution is 2.24. The van der Waals surface area contributed by atoms with Crippen LogP contribution in [0.15, 0.2) is 35.7 Å². The summed E-state index contributed by atoms with van der Waals surface area (Å²) in [6.07, 6.45) is 2.88. The maximum Gasteiger partial charge on any atom is 0.256 e. The molecule has 2 aromatic rings. The first kappa shape index (κ1) is 18.7. The van der Waals surface area contributed by atoms with E-state index in [2.05, 4.69) is 16.7 Å². The Labute approximate surface area is 162 Å². The molecule has 1 aromatic heterocycles. The molecule has 1 aliphatic heterocycles. The summed E-state index contributed by atoms with van der Waals surface area (Å²) in [5.41, 5.74) is 1.16. The van der Waals surface area contributed by atoms with E-state index in [1.165, 1.54) is 4.88 Å². The van der Waals surface area contributed by atoms with Crippen LogP contribution in [0.4, 0.5) is 5.69 Å². The molecule has 5 nitrogen and oxygen atoms in total. The number of nitrogens with zero attached hydrogens (tertiary/aromatic N) is 1. The summed E-state index contributed by atoms with van der Waals surface area (Å²) in [4.78, 5) is 27.8. The Kier molecular flexibility index (Phi) is 6.52. The standard InChI is InChI=1S/C19H22ClN3O2S/c20-14-5-6-17(16(12-14)19(25)23-9-1-2-10-23)22-13-18(24)21-8-7-15-4-3-11-26-15/h3-6,11-12,22H,1-2,7-10,13H2,(H,21,24). The highest BCUT2D eigenvalue weighted by atomic mass is 35.5. The van der Waals surface area contributed by atoms with Gasteiger partial charge in [-0.2, -0.15) is 0 Å². The molecule has 1 aromatic carbocycles. The van der Waals surface area contributed by atoms with Gasteiger partial charge in [-0.15, -0.1) is 11.3 Å². The predicted molar refractivity (Wildman–Crippen MR) is 106 cm³/mol. The molecule has 0 radical (unpaired) electrons. The first-order valence-corrected chi connectivity index (χ1v) is 10.0. The lowest BCUT2D eigenvalue weighted by Gasteiger charge is -2.18. The van der Waals surface area contributed by atoms with Crippen molar-refractivity contribution in [3.05, 3.63) is 51.2 Å². The van der Waals surface area contributed by atoms with Crippen molar-refractivity contribution in [1.82, 2.24) is 10.2 Å². The number of benzene rings is 1. The summed E-state index contributed by atoms with van der Waals surface area (Å²) in [6, 6.07) is 9.20. The van der Waals surface area contributed by atoms with Crippen LogP contribution >= 0.6 is 22.9 Å². The number of anilines is 1. The van der Waals surface area contributed by atoms with Crippen molar-refractivity contribution in [2.45, 2.75) is 19.3 Å². The number of hydrogen-bond donors (Lipinski definition) is 2. The van der Waals surface area contributed by atoms with Gasteiger partial charge < -0.3 is 15.5 Å². The molecule has 3 rings (SSSR count). The van der Waals surface area contributed by atoms with Gasteiger partial charge in [0.25, 0.3) is 5.91 Å². The monoisotopic (exact) mass is 391 g/mol. The smallest absolute Gasteiger partial charge is 0.256 e. The maximum absolute atomic E-state index is 12.7. The molecule has 2 N–H and O–H groups in total. The van der Waals surface area contributed by atoms with E-state index in [1.54, 1.807) is 29.5 Å². The van der Waals surface area contributed by atoms with Gasteiger partial charge in [0.2, 0.25) is 5.91 Å². The number of carbonyl (C=O) groups is 2. The van der Waals surface area contributed by atoms with Crippen molar-refractivity contribution in [2.24, 2.45) is 0 Å². The average molecular weight is 392 g/mol. The first-order chi connectivity index (χ1) is 12.6. The number of amides is 2. The number of carbonyl (C=O) groups excluding carboxylic acids is 2. The summed E-state index contributed by atoms with van der Waals surface area (Å²) in [6.45, 7) is 2.26. The van der Waals surface area contributed by atoms with Crippen LogP contribution in [0.5, 0.6) is 0 Å². The fraction of sp³-hybridized carbons (Fsp3) is 0.368. The zero-order valence-corrected chi connectivity index (χ0v) is 16.0. The van der Waals surface area contributed by atoms with E-state index < -0.39 is 0 Å². The Bertz CT molecular complexity index is 758. The third-order valence-corrected chi connectivity index (χ3v) is 5.49. The molecule has 0 unspecified atom stereocenters. The fourth-order valence-electron chi connectivity index (χ4n) is 2.96. The Hall–Kier alpha value is -2.05. The van der Waals surface area contributed by atoms with Crippen molar-refractivity contribution < 1.29 is 9.59 Å². The molecule has 0 saturated carbocycles. The van der Waals surface area contributed by atoms with Gasteiger partial charge in [0.15, 0.2) is 0 Å². The van der Waals surface area contributed by atoms with Gasteiger partial charge in [-0.1, -0.05) is 17.7 Å². The lowest BCUT2D eigenvalue weighted by Crippen LogP contribution is -2.32. The Balaban J connectivity index is 1.55. The summed E-state index contributed by atoms with van der Waals surface area (Å²) >= 11 is 7.75. The van der Waals surface area contributed by atoms with E-state index in [1.807, 2.05) is 16.3 Å². The minimum Gasteiger partial charge on any atom is -0.376 e. The van der Waals surface area contributed by atoms with Crippen molar-refractivity contribution >= 4 is 40.4 Å². The molecule has 26 heavy (non-hydrogen) atoms. The number of rotatable bonds is 7.